The molecule has 0 atom stereocenters. The number of nitrogens with one attached hydrogen (secondary N) is 1. The van der Waals surface area contributed by atoms with E-state index >= 15 is 0 Å². The lowest BCUT2D eigenvalue weighted by Crippen LogP contribution is -2.13. The Morgan fingerprint density at radius 3 is 2.25 bits per heavy atom. The molecule has 0 bridgehead atoms. The summed E-state index contributed by atoms with van der Waals surface area (Å²) >= 11 is 4.91. The Kier molecular flexibility index (Phi) is 5.26. The van der Waals surface area contributed by atoms with E-state index in [1.165, 1.54) is 12.8 Å². The van der Waals surface area contributed by atoms with E-state index in [-0.39, 0.29) is 0 Å². The number of rotatable bonds is 6. The summed E-state index contributed by atoms with van der Waals surface area (Å²) in [6.45, 7) is 5.48. The molecule has 88 valence electrons. The van der Waals surface area contributed by atoms with Crippen LogP contribution in [0.15, 0.2) is 24.3 Å². The van der Waals surface area contributed by atoms with Crippen LogP contribution < -0.4 is 11.1 Å². The van der Waals surface area contributed by atoms with Crippen molar-refractivity contribution in [2.24, 2.45) is 11.7 Å². The van der Waals surface area contributed by atoms with Gasteiger partial charge in [0.15, 0.2) is 0 Å². The van der Waals surface area contributed by atoms with E-state index in [1.807, 2.05) is 24.3 Å². The zero-order valence-electron chi connectivity index (χ0n) is 9.99. The number of anilines is 1. The average molecular weight is 236 g/mol. The lowest BCUT2D eigenvalue weighted by atomic mass is 10.0. The molecule has 0 aliphatic carbocycles. The van der Waals surface area contributed by atoms with Gasteiger partial charge in [0.2, 0.25) is 0 Å². The van der Waals surface area contributed by atoms with Gasteiger partial charge < -0.3 is 11.1 Å². The highest BCUT2D eigenvalue weighted by Gasteiger charge is 2.02. The number of hydrogen-bond donors (Lipinski definition) is 2. The molecule has 0 radical (unpaired) electrons. The van der Waals surface area contributed by atoms with Crippen molar-refractivity contribution in [3.8, 4) is 0 Å². The van der Waals surface area contributed by atoms with E-state index in [2.05, 4.69) is 19.2 Å². The van der Waals surface area contributed by atoms with Crippen LogP contribution >= 0.6 is 12.2 Å². The second kappa shape index (κ2) is 6.48. The first-order chi connectivity index (χ1) is 7.67. The van der Waals surface area contributed by atoms with Gasteiger partial charge in [-0.1, -0.05) is 38.9 Å². The number of benzene rings is 1. The molecule has 0 aliphatic heterocycles. The third-order valence-corrected chi connectivity index (χ3v) is 3.15. The molecule has 1 aromatic rings. The Labute approximate surface area is 103 Å². The zero-order chi connectivity index (χ0) is 12.0. The molecule has 16 heavy (non-hydrogen) atoms. The summed E-state index contributed by atoms with van der Waals surface area (Å²) in [4.78, 5) is 0.451. The highest BCUT2D eigenvalue weighted by atomic mass is 32.1. The first-order valence-corrected chi connectivity index (χ1v) is 6.21. The summed E-state index contributed by atoms with van der Waals surface area (Å²) < 4.78 is 0. The lowest BCUT2D eigenvalue weighted by molar-refractivity contribution is 0.519. The molecule has 0 amide bonds. The standard InChI is InChI=1S/C13H20N2S/c1-3-10(4-2)9-15-12-7-5-11(6-8-12)13(14)16/h5-8,10,15H,3-4,9H2,1-2H3,(H2,14,16). The summed E-state index contributed by atoms with van der Waals surface area (Å²) in [6, 6.07) is 7.96. The fourth-order valence-electron chi connectivity index (χ4n) is 1.59. The monoisotopic (exact) mass is 236 g/mol. The molecule has 0 spiro atoms. The van der Waals surface area contributed by atoms with Crippen molar-refractivity contribution >= 4 is 22.9 Å². The van der Waals surface area contributed by atoms with E-state index in [1.54, 1.807) is 0 Å². The normalized spacial score (nSPS) is 10.4. The van der Waals surface area contributed by atoms with Crippen LogP contribution in [0.4, 0.5) is 5.69 Å². The Morgan fingerprint density at radius 1 is 1.25 bits per heavy atom. The second-order valence-corrected chi connectivity index (χ2v) is 4.44. The van der Waals surface area contributed by atoms with Crippen molar-refractivity contribution in [2.75, 3.05) is 11.9 Å². The topological polar surface area (TPSA) is 38.0 Å². The maximum atomic E-state index is 5.54. The van der Waals surface area contributed by atoms with Gasteiger partial charge in [-0.25, -0.2) is 0 Å². The number of thiocarbonyl (C=S) groups is 1. The van der Waals surface area contributed by atoms with Gasteiger partial charge in [-0.2, -0.15) is 0 Å². The van der Waals surface area contributed by atoms with Crippen LogP contribution in [0.25, 0.3) is 0 Å². The molecule has 0 saturated heterocycles. The smallest absolute Gasteiger partial charge is 0.103 e. The first-order valence-electron chi connectivity index (χ1n) is 5.81. The van der Waals surface area contributed by atoms with Crippen LogP contribution in [0.3, 0.4) is 0 Å². The minimum Gasteiger partial charge on any atom is -0.389 e. The van der Waals surface area contributed by atoms with E-state index in [9.17, 15) is 0 Å². The van der Waals surface area contributed by atoms with Crippen LogP contribution in [0.1, 0.15) is 32.3 Å². The fraction of sp³-hybridized carbons (Fsp3) is 0.462. The second-order valence-electron chi connectivity index (χ2n) is 4.01. The van der Waals surface area contributed by atoms with Crippen LogP contribution in [-0.4, -0.2) is 11.5 Å². The third kappa shape index (κ3) is 3.81. The van der Waals surface area contributed by atoms with E-state index in [0.717, 1.165) is 23.7 Å². The molecule has 0 unspecified atom stereocenters. The summed E-state index contributed by atoms with van der Waals surface area (Å²) in [6.07, 6.45) is 2.43. The highest BCUT2D eigenvalue weighted by molar-refractivity contribution is 7.80. The molecule has 2 nitrogen and oxygen atoms in total. The van der Waals surface area contributed by atoms with Crippen molar-refractivity contribution in [3.05, 3.63) is 29.8 Å². The zero-order valence-corrected chi connectivity index (χ0v) is 10.8. The van der Waals surface area contributed by atoms with E-state index in [4.69, 9.17) is 18.0 Å². The quantitative estimate of drug-likeness (QED) is 0.745. The largest absolute Gasteiger partial charge is 0.389 e. The maximum absolute atomic E-state index is 5.54. The molecule has 0 fully saturated rings. The van der Waals surface area contributed by atoms with Crippen LogP contribution in [0, 0.1) is 5.92 Å². The predicted molar refractivity (Wildman–Crippen MR) is 74.9 cm³/mol. The maximum Gasteiger partial charge on any atom is 0.103 e. The summed E-state index contributed by atoms with van der Waals surface area (Å²) in [5, 5.41) is 3.43. The van der Waals surface area contributed by atoms with Crippen molar-refractivity contribution < 1.29 is 0 Å². The fourth-order valence-corrected chi connectivity index (χ4v) is 1.73. The molecule has 0 saturated carbocycles. The number of nitrogens with two attached hydrogens (primary N) is 1. The van der Waals surface area contributed by atoms with E-state index < -0.39 is 0 Å². The Balaban J connectivity index is 2.52. The molecule has 0 aromatic heterocycles. The Hall–Kier alpha value is -1.09. The molecule has 1 aromatic carbocycles. The van der Waals surface area contributed by atoms with Gasteiger partial charge in [-0.3, -0.25) is 0 Å². The molecule has 0 aliphatic rings. The van der Waals surface area contributed by atoms with Crippen molar-refractivity contribution in [1.82, 2.24) is 0 Å². The molecular formula is C13H20N2S. The van der Waals surface area contributed by atoms with Gasteiger partial charge >= 0.3 is 0 Å². The molecule has 1 rings (SSSR count). The SMILES string of the molecule is CCC(CC)CNc1ccc(C(N)=S)cc1. The molecule has 3 heteroatoms. The van der Waals surface area contributed by atoms with Crippen LogP contribution in [0.2, 0.25) is 0 Å². The van der Waals surface area contributed by atoms with Crippen molar-refractivity contribution in [1.29, 1.82) is 0 Å². The minimum absolute atomic E-state index is 0.451. The average Bonchev–Trinajstić information content (AvgIpc) is 2.31. The minimum atomic E-state index is 0.451. The summed E-state index contributed by atoms with van der Waals surface area (Å²) in [7, 11) is 0. The molecule has 0 heterocycles. The van der Waals surface area contributed by atoms with Crippen molar-refractivity contribution in [3.63, 3.8) is 0 Å². The summed E-state index contributed by atoms with van der Waals surface area (Å²) in [5.74, 6) is 0.746. The van der Waals surface area contributed by atoms with Gasteiger partial charge in [-0.05, 0) is 30.2 Å². The van der Waals surface area contributed by atoms with Gasteiger partial charge in [0.05, 0.1) is 0 Å². The van der Waals surface area contributed by atoms with Gasteiger partial charge in [0, 0.05) is 17.8 Å². The van der Waals surface area contributed by atoms with Gasteiger partial charge in [0.1, 0.15) is 4.99 Å². The van der Waals surface area contributed by atoms with Crippen LogP contribution in [0.5, 0.6) is 0 Å². The van der Waals surface area contributed by atoms with Crippen LogP contribution in [-0.2, 0) is 0 Å². The van der Waals surface area contributed by atoms with Crippen molar-refractivity contribution in [2.45, 2.75) is 26.7 Å². The number of hydrogen-bond acceptors (Lipinski definition) is 2. The first kappa shape index (κ1) is 13.0. The molecular weight excluding hydrogens is 216 g/mol. The lowest BCUT2D eigenvalue weighted by Gasteiger charge is -2.14. The highest BCUT2D eigenvalue weighted by Crippen LogP contribution is 2.12. The predicted octanol–water partition coefficient (Wildman–Crippen LogP) is 3.17. The van der Waals surface area contributed by atoms with E-state index in [0.29, 0.717) is 4.99 Å². The summed E-state index contributed by atoms with van der Waals surface area (Å²) in [5.41, 5.74) is 7.59. The Bertz CT molecular complexity index is 328. The van der Waals surface area contributed by atoms with Gasteiger partial charge in [0.25, 0.3) is 0 Å². The van der Waals surface area contributed by atoms with Gasteiger partial charge in [-0.15, -0.1) is 0 Å². The molecule has 3 N–H and O–H groups in total. The Morgan fingerprint density at radius 2 is 1.81 bits per heavy atom. The third-order valence-electron chi connectivity index (χ3n) is 2.92.